The first-order valence-electron chi connectivity index (χ1n) is 35.9. The van der Waals surface area contributed by atoms with Crippen molar-refractivity contribution in [2.45, 2.75) is 51.4 Å². The largest absolute Gasteiger partial charge is 0.416 e. The summed E-state index contributed by atoms with van der Waals surface area (Å²) >= 11 is 20.6. The molecule has 0 bridgehead atoms. The highest BCUT2D eigenvalue weighted by Crippen LogP contribution is 2.49. The number of carbonyl (C=O) groups is 12. The highest BCUT2D eigenvalue weighted by atomic mass is 79.9. The Balaban J connectivity index is 0.000000134. The van der Waals surface area contributed by atoms with Crippen molar-refractivity contribution in [2.24, 2.45) is 0 Å². The van der Waals surface area contributed by atoms with Crippen LogP contribution >= 0.6 is 95.6 Å². The summed E-state index contributed by atoms with van der Waals surface area (Å²) in [5, 5.41) is 1.56. The van der Waals surface area contributed by atoms with Gasteiger partial charge in [0.1, 0.15) is 0 Å². The summed E-state index contributed by atoms with van der Waals surface area (Å²) in [4.78, 5) is 170. The maximum atomic E-state index is 13.7. The van der Waals surface area contributed by atoms with E-state index >= 15 is 0 Å². The summed E-state index contributed by atoms with van der Waals surface area (Å²) in [7, 11) is 0. The molecular weight excluding hydrogens is 1930 g/mol. The predicted molar refractivity (Wildman–Crippen MR) is 442 cm³/mol. The summed E-state index contributed by atoms with van der Waals surface area (Å²) in [5.41, 5.74) is 4.88. The van der Waals surface area contributed by atoms with Gasteiger partial charge in [0.15, 0.2) is 0 Å². The Labute approximate surface area is 715 Å². The molecule has 588 valence electrons. The molecule has 0 spiro atoms. The Kier molecular flexibility index (Phi) is 21.3. The molecule has 12 amide bonds. The maximum absolute atomic E-state index is 13.7. The van der Waals surface area contributed by atoms with Crippen LogP contribution in [0, 0.1) is 0 Å². The Bertz CT molecular complexity index is 6210. The molecule has 118 heavy (non-hydrogen) atoms. The quantitative estimate of drug-likeness (QED) is 0.0732. The number of nitrogens with zero attached hydrogens (tertiary/aromatic N) is 6. The predicted octanol–water partition coefficient (Wildman–Crippen LogP) is 20.0. The van der Waals surface area contributed by atoms with Gasteiger partial charge in [0.05, 0.1) is 70.7 Å². The summed E-state index contributed by atoms with van der Waals surface area (Å²) < 4.78 is 79.6. The van der Waals surface area contributed by atoms with Crippen molar-refractivity contribution in [2.75, 3.05) is 13.1 Å². The molecule has 0 atom stereocenters. The summed E-state index contributed by atoms with van der Waals surface area (Å²) in [5.74, 6) is -6.62. The lowest BCUT2D eigenvalue weighted by atomic mass is 9.85. The molecule has 12 aromatic carbocycles. The number of imide groups is 6. The molecule has 6 aliphatic heterocycles. The van der Waals surface area contributed by atoms with Gasteiger partial charge in [-0.3, -0.25) is 86.9 Å². The Hall–Kier alpha value is -11.3. The summed E-state index contributed by atoms with van der Waals surface area (Å²) in [6.45, 7) is 0.136. The van der Waals surface area contributed by atoms with Crippen molar-refractivity contribution >= 4 is 199 Å². The molecule has 12 aromatic rings. The fraction of sp³-hybridized carbons (Fsp3) is 0.114. The fourth-order valence-corrected chi connectivity index (χ4v) is 19.0. The van der Waals surface area contributed by atoms with Gasteiger partial charge in [0.2, 0.25) is 0 Å². The van der Waals surface area contributed by atoms with E-state index in [0.29, 0.717) is 50.6 Å². The van der Waals surface area contributed by atoms with Crippen molar-refractivity contribution in [1.29, 1.82) is 0 Å². The standard InChI is InChI=1S/C32H18Br2F6N2O4.2C28H16Br2N2O4/c33-21-13-19-23-20(28(44)41(27(19)43)11-9-15-1-5-17(6-2-15)31(35,36)37)14-22(34)25-26(23)24(21)29(45)42(30(25)46)12-10-16-3-7-18(8-4-16)32(38,39)40;29-19-12-18-22-21-17(25(33)31(27(35)23(19)21)13-15-7-3-1-4-8-15)11-20(30)24(22)28(36)32(26(18)34)14-16-9-5-2-6-10-16;29-19-11-17-21-18(26(34)31(25(17)33)13-15-7-3-1-4-8-15)12-20(30)23-24(21)22(19)27(35)32(28(23)36)14-16-9-5-2-6-10-16/h1-8,13-14H,9-12H2;2*1-12H,13-14H2. The van der Waals surface area contributed by atoms with Gasteiger partial charge in [-0.25, -0.2) is 0 Å². The lowest BCUT2D eigenvalue weighted by molar-refractivity contribution is -0.138. The molecule has 0 unspecified atom stereocenters. The van der Waals surface area contributed by atoms with Gasteiger partial charge >= 0.3 is 12.4 Å². The molecular formula is C88H50Br6F6N6O12. The van der Waals surface area contributed by atoms with E-state index < -0.39 is 94.4 Å². The number of amides is 12. The van der Waals surface area contributed by atoms with E-state index in [-0.39, 0.29) is 139 Å². The summed E-state index contributed by atoms with van der Waals surface area (Å²) in [6.07, 6.45) is -8.86. The van der Waals surface area contributed by atoms with E-state index in [1.165, 1.54) is 56.0 Å². The number of hydrogen-bond donors (Lipinski definition) is 0. The number of halogens is 12. The highest BCUT2D eigenvalue weighted by molar-refractivity contribution is 9.11. The van der Waals surface area contributed by atoms with Crippen LogP contribution in [0.3, 0.4) is 0 Å². The van der Waals surface area contributed by atoms with E-state index in [1.54, 1.807) is 24.3 Å². The van der Waals surface area contributed by atoms with Crippen LogP contribution in [0.15, 0.2) is 233 Å². The third kappa shape index (κ3) is 14.1. The second kappa shape index (κ2) is 31.2. The van der Waals surface area contributed by atoms with Gasteiger partial charge in [-0.05, 0) is 202 Å². The first-order chi connectivity index (χ1) is 56.3. The Morgan fingerprint density at radius 3 is 0.661 bits per heavy atom. The molecule has 0 radical (unpaired) electrons. The maximum Gasteiger partial charge on any atom is 0.416 e. The van der Waals surface area contributed by atoms with Gasteiger partial charge in [0, 0.05) is 106 Å². The van der Waals surface area contributed by atoms with Gasteiger partial charge in [-0.1, -0.05) is 146 Å². The van der Waals surface area contributed by atoms with Crippen molar-refractivity contribution in [3.05, 3.63) is 344 Å². The minimum absolute atomic E-state index is 0.0436. The van der Waals surface area contributed by atoms with Crippen LogP contribution in [0.4, 0.5) is 26.3 Å². The van der Waals surface area contributed by atoms with Crippen LogP contribution in [0.25, 0.3) is 32.3 Å². The SMILES string of the molecule is O=C1c2cc(Br)c3c4c(c(Br)cc(c24)C(=O)N1CCc1ccc(C(F)(F)F)cc1)C(=O)N(CCc1ccc(C(F)(F)F)cc1)C3=O.O=C1c2cc(Br)c3c4c(c(Br)cc(c24)C(=O)N1Cc1ccccc1)C(=O)N(Cc1ccccc1)C3=O.O=C1c2cc(Br)c3c4c(cc(Br)c(c24)C(=O)N1Cc1ccccc1)C(=O)N(Cc1ccccc1)C3=O. The number of hydrogen-bond acceptors (Lipinski definition) is 12. The van der Waals surface area contributed by atoms with E-state index in [9.17, 15) is 83.9 Å². The van der Waals surface area contributed by atoms with E-state index in [4.69, 9.17) is 0 Å². The molecule has 6 aliphatic rings. The molecule has 18 rings (SSSR count). The van der Waals surface area contributed by atoms with Crippen LogP contribution in [-0.4, -0.2) is 113 Å². The Morgan fingerprint density at radius 2 is 0.415 bits per heavy atom. The molecule has 30 heteroatoms. The Morgan fingerprint density at radius 1 is 0.220 bits per heavy atom. The summed E-state index contributed by atoms with van der Waals surface area (Å²) in [6, 6.07) is 54.9. The smallest absolute Gasteiger partial charge is 0.274 e. The van der Waals surface area contributed by atoms with E-state index in [1.807, 2.05) is 121 Å². The highest BCUT2D eigenvalue weighted by Gasteiger charge is 2.47. The molecule has 0 N–H and O–H groups in total. The monoisotopic (exact) mass is 1970 g/mol. The lowest BCUT2D eigenvalue weighted by Crippen LogP contribution is -2.44. The van der Waals surface area contributed by atoms with Crippen LogP contribution in [0.2, 0.25) is 0 Å². The normalized spacial score (nSPS) is 14.8. The molecule has 0 fully saturated rings. The van der Waals surface area contributed by atoms with Gasteiger partial charge in [0.25, 0.3) is 70.9 Å². The first-order valence-corrected chi connectivity index (χ1v) is 40.7. The minimum atomic E-state index is -4.51. The number of rotatable bonds is 14. The lowest BCUT2D eigenvalue weighted by Gasteiger charge is -2.33. The van der Waals surface area contributed by atoms with Crippen LogP contribution in [0.1, 0.15) is 169 Å². The van der Waals surface area contributed by atoms with Gasteiger partial charge < -0.3 is 0 Å². The topological polar surface area (TPSA) is 224 Å². The van der Waals surface area contributed by atoms with Gasteiger partial charge in [-0.2, -0.15) is 26.3 Å². The van der Waals surface area contributed by atoms with Crippen molar-refractivity contribution < 1.29 is 83.9 Å². The van der Waals surface area contributed by atoms with E-state index in [0.717, 1.165) is 56.3 Å². The van der Waals surface area contributed by atoms with Gasteiger partial charge in [-0.15, -0.1) is 0 Å². The number of benzene rings is 12. The number of carbonyl (C=O) groups excluding carboxylic acids is 12. The molecule has 0 saturated carbocycles. The van der Waals surface area contributed by atoms with Crippen molar-refractivity contribution in [3.8, 4) is 0 Å². The molecule has 0 aromatic heterocycles. The second-order valence-corrected chi connectivity index (χ2v) is 33.2. The third-order valence-electron chi connectivity index (χ3n) is 21.1. The molecule has 0 aliphatic carbocycles. The first kappa shape index (κ1) is 80.5. The number of alkyl halides is 6. The minimum Gasteiger partial charge on any atom is -0.274 e. The average Bonchev–Trinajstić information content (AvgIpc) is 0.712. The third-order valence-corrected chi connectivity index (χ3v) is 24.8. The van der Waals surface area contributed by atoms with Crippen LogP contribution < -0.4 is 0 Å². The molecule has 6 heterocycles. The van der Waals surface area contributed by atoms with Crippen LogP contribution in [0.5, 0.6) is 0 Å². The van der Waals surface area contributed by atoms with Crippen molar-refractivity contribution in [1.82, 2.24) is 29.4 Å². The van der Waals surface area contributed by atoms with Crippen LogP contribution in [-0.2, 0) is 51.4 Å². The molecule has 18 nitrogen and oxygen atoms in total. The zero-order valence-corrected chi connectivity index (χ0v) is 69.9. The van der Waals surface area contributed by atoms with Crippen molar-refractivity contribution in [3.63, 3.8) is 0 Å². The molecule has 0 saturated heterocycles. The zero-order chi connectivity index (χ0) is 83.6. The van der Waals surface area contributed by atoms with E-state index in [2.05, 4.69) is 95.6 Å². The fourth-order valence-electron chi connectivity index (χ4n) is 15.5. The average molecular weight is 1980 g/mol. The zero-order valence-electron chi connectivity index (χ0n) is 60.4. The second-order valence-electron chi connectivity index (χ2n) is 28.1.